The van der Waals surface area contributed by atoms with Crippen LogP contribution in [0.4, 0.5) is 0 Å². The Hall–Kier alpha value is -1.54. The highest BCUT2D eigenvalue weighted by Gasteiger charge is 2.05. The zero-order valence-corrected chi connectivity index (χ0v) is 15.8. The van der Waals surface area contributed by atoms with Crippen LogP contribution in [0, 0.1) is 5.92 Å². The number of benzene rings is 1. The molecule has 0 bridgehead atoms. The van der Waals surface area contributed by atoms with Crippen LogP contribution in [0.1, 0.15) is 58.9 Å². The molecule has 0 spiro atoms. The molecule has 0 saturated heterocycles. The van der Waals surface area contributed by atoms with Gasteiger partial charge in [0.25, 0.3) is 0 Å². The molecule has 0 amide bonds. The smallest absolute Gasteiger partial charge is 0.196 e. The lowest BCUT2D eigenvalue weighted by atomic mass is 10.0. The van der Waals surface area contributed by atoms with E-state index in [-0.39, 0.29) is 6.29 Å². The lowest BCUT2D eigenvalue weighted by Crippen LogP contribution is -2.14. The van der Waals surface area contributed by atoms with Gasteiger partial charge in [0.15, 0.2) is 6.29 Å². The fourth-order valence-electron chi connectivity index (χ4n) is 2.60. The second kappa shape index (κ2) is 12.8. The quantitative estimate of drug-likeness (QED) is 0.255. The Labute approximate surface area is 148 Å². The molecule has 134 valence electrons. The van der Waals surface area contributed by atoms with Crippen molar-refractivity contribution < 1.29 is 9.47 Å². The van der Waals surface area contributed by atoms with E-state index >= 15 is 0 Å². The molecule has 2 atom stereocenters. The maximum atomic E-state index is 5.92. The fourth-order valence-corrected chi connectivity index (χ4v) is 2.60. The first-order valence-corrected chi connectivity index (χ1v) is 9.34. The first-order valence-electron chi connectivity index (χ1n) is 9.34. The molecule has 2 unspecified atom stereocenters. The standard InChI is InChI=1S/C22H34O2/c1-5-11-19(3)13-10-16-22(12-6-2)24-20(4)23-18-17-21-14-8-7-9-15-21/h7-10,12,14-16,19-20H,5-6,11,13,17-18H2,1-4H3/b16-10-,22-12+. The number of allylic oxidation sites excluding steroid dienone is 3. The Bertz CT molecular complexity index is 476. The maximum Gasteiger partial charge on any atom is 0.196 e. The maximum absolute atomic E-state index is 5.92. The van der Waals surface area contributed by atoms with E-state index in [2.05, 4.69) is 63.3 Å². The van der Waals surface area contributed by atoms with Crippen molar-refractivity contribution in [3.63, 3.8) is 0 Å². The molecule has 0 aliphatic heterocycles. The van der Waals surface area contributed by atoms with Gasteiger partial charge in [0.1, 0.15) is 5.76 Å². The minimum Gasteiger partial charge on any atom is -0.466 e. The molecule has 2 nitrogen and oxygen atoms in total. The summed E-state index contributed by atoms with van der Waals surface area (Å²) >= 11 is 0. The molecule has 1 aromatic carbocycles. The molecule has 0 heterocycles. The Balaban J connectivity index is 2.35. The molecule has 24 heavy (non-hydrogen) atoms. The third-order valence-electron chi connectivity index (χ3n) is 3.90. The van der Waals surface area contributed by atoms with Gasteiger partial charge in [-0.05, 0) is 49.8 Å². The lowest BCUT2D eigenvalue weighted by molar-refractivity contribution is -0.0992. The van der Waals surface area contributed by atoms with E-state index in [1.807, 2.05) is 13.0 Å². The molecule has 0 fully saturated rings. The van der Waals surface area contributed by atoms with Gasteiger partial charge in [0, 0.05) is 0 Å². The number of rotatable bonds is 12. The Morgan fingerprint density at radius 1 is 1.12 bits per heavy atom. The van der Waals surface area contributed by atoms with Crippen molar-refractivity contribution in [3.05, 3.63) is 59.9 Å². The first-order chi connectivity index (χ1) is 11.7. The van der Waals surface area contributed by atoms with Crippen LogP contribution in [0.3, 0.4) is 0 Å². The van der Waals surface area contributed by atoms with Gasteiger partial charge in [-0.3, -0.25) is 0 Å². The van der Waals surface area contributed by atoms with Gasteiger partial charge in [-0.1, -0.05) is 70.0 Å². The van der Waals surface area contributed by atoms with E-state index in [4.69, 9.17) is 9.47 Å². The summed E-state index contributed by atoms with van der Waals surface area (Å²) < 4.78 is 11.7. The summed E-state index contributed by atoms with van der Waals surface area (Å²) in [5, 5.41) is 0. The van der Waals surface area contributed by atoms with Crippen LogP contribution >= 0.6 is 0 Å². The predicted octanol–water partition coefficient (Wildman–Crippen LogP) is 6.28. The Kier molecular flexibility index (Phi) is 11.0. The van der Waals surface area contributed by atoms with Crippen molar-refractivity contribution in [2.24, 2.45) is 5.92 Å². The van der Waals surface area contributed by atoms with Crippen LogP contribution < -0.4 is 0 Å². The van der Waals surface area contributed by atoms with Gasteiger partial charge in [-0.15, -0.1) is 0 Å². The highest BCUT2D eigenvalue weighted by Crippen LogP contribution is 2.13. The average molecular weight is 331 g/mol. The molecule has 1 aromatic rings. The summed E-state index contributed by atoms with van der Waals surface area (Å²) in [6.45, 7) is 9.29. The van der Waals surface area contributed by atoms with Crippen LogP contribution in [-0.4, -0.2) is 12.9 Å². The molecule has 0 aliphatic rings. The molecule has 0 radical (unpaired) electrons. The number of hydrogen-bond donors (Lipinski definition) is 0. The van der Waals surface area contributed by atoms with E-state index in [1.54, 1.807) is 0 Å². The van der Waals surface area contributed by atoms with Crippen molar-refractivity contribution >= 4 is 0 Å². The summed E-state index contributed by atoms with van der Waals surface area (Å²) in [7, 11) is 0. The van der Waals surface area contributed by atoms with Gasteiger partial charge in [-0.25, -0.2) is 0 Å². The molecule has 0 N–H and O–H groups in total. The molecule has 1 rings (SSSR count). The minimum atomic E-state index is -0.232. The van der Waals surface area contributed by atoms with Crippen molar-refractivity contribution in [2.75, 3.05) is 6.61 Å². The molecule has 0 aliphatic carbocycles. The fraction of sp³-hybridized carbons (Fsp3) is 0.545. The van der Waals surface area contributed by atoms with Gasteiger partial charge >= 0.3 is 0 Å². The van der Waals surface area contributed by atoms with Crippen LogP contribution in [0.15, 0.2) is 54.3 Å². The molecular formula is C22H34O2. The second-order valence-corrected chi connectivity index (χ2v) is 6.34. The zero-order valence-electron chi connectivity index (χ0n) is 15.8. The highest BCUT2D eigenvalue weighted by atomic mass is 16.7. The molecular weight excluding hydrogens is 296 g/mol. The molecule has 0 saturated carbocycles. The van der Waals surface area contributed by atoms with Crippen molar-refractivity contribution in [1.82, 2.24) is 0 Å². The SMILES string of the molecule is CC/C=C(\C=C/CC(C)CCC)OC(C)OCCc1ccccc1. The van der Waals surface area contributed by atoms with Gasteiger partial charge in [0.05, 0.1) is 6.61 Å². The van der Waals surface area contributed by atoms with E-state index in [1.165, 1.54) is 18.4 Å². The minimum absolute atomic E-state index is 0.232. The van der Waals surface area contributed by atoms with E-state index < -0.39 is 0 Å². The van der Waals surface area contributed by atoms with Crippen molar-refractivity contribution in [3.8, 4) is 0 Å². The van der Waals surface area contributed by atoms with Crippen LogP contribution in [-0.2, 0) is 15.9 Å². The van der Waals surface area contributed by atoms with Crippen LogP contribution in [0.25, 0.3) is 0 Å². The van der Waals surface area contributed by atoms with E-state index in [0.29, 0.717) is 6.61 Å². The Morgan fingerprint density at radius 3 is 2.54 bits per heavy atom. The Morgan fingerprint density at radius 2 is 1.88 bits per heavy atom. The number of hydrogen-bond acceptors (Lipinski definition) is 2. The predicted molar refractivity (Wildman–Crippen MR) is 103 cm³/mol. The molecule has 0 aromatic heterocycles. The summed E-state index contributed by atoms with van der Waals surface area (Å²) in [6.07, 6.45) is 11.7. The summed E-state index contributed by atoms with van der Waals surface area (Å²) in [6, 6.07) is 10.4. The van der Waals surface area contributed by atoms with E-state index in [0.717, 1.165) is 30.9 Å². The normalized spacial score (nSPS) is 14.8. The monoisotopic (exact) mass is 330 g/mol. The first kappa shape index (κ1) is 20.5. The number of ether oxygens (including phenoxy) is 2. The van der Waals surface area contributed by atoms with Gasteiger partial charge in [-0.2, -0.15) is 0 Å². The average Bonchev–Trinajstić information content (AvgIpc) is 2.56. The van der Waals surface area contributed by atoms with Crippen LogP contribution in [0.5, 0.6) is 0 Å². The third-order valence-corrected chi connectivity index (χ3v) is 3.90. The highest BCUT2D eigenvalue weighted by molar-refractivity contribution is 5.14. The van der Waals surface area contributed by atoms with Crippen LogP contribution in [0.2, 0.25) is 0 Å². The second-order valence-electron chi connectivity index (χ2n) is 6.34. The zero-order chi connectivity index (χ0) is 17.6. The van der Waals surface area contributed by atoms with Gasteiger partial charge < -0.3 is 9.47 Å². The molecule has 2 heteroatoms. The van der Waals surface area contributed by atoms with Crippen molar-refractivity contribution in [2.45, 2.75) is 66.1 Å². The lowest BCUT2D eigenvalue weighted by Gasteiger charge is -2.16. The summed E-state index contributed by atoms with van der Waals surface area (Å²) in [5.41, 5.74) is 1.29. The topological polar surface area (TPSA) is 18.5 Å². The largest absolute Gasteiger partial charge is 0.466 e. The summed E-state index contributed by atoms with van der Waals surface area (Å²) in [5.74, 6) is 1.64. The summed E-state index contributed by atoms with van der Waals surface area (Å²) in [4.78, 5) is 0. The third kappa shape index (κ3) is 9.57. The van der Waals surface area contributed by atoms with Crippen molar-refractivity contribution in [1.29, 1.82) is 0 Å². The van der Waals surface area contributed by atoms with E-state index in [9.17, 15) is 0 Å². The van der Waals surface area contributed by atoms with Gasteiger partial charge in [0.2, 0.25) is 0 Å².